The van der Waals surface area contributed by atoms with E-state index in [1.165, 1.54) is 0 Å². The van der Waals surface area contributed by atoms with E-state index in [1.54, 1.807) is 0 Å². The van der Waals surface area contributed by atoms with E-state index < -0.39 is 9.05 Å². The van der Waals surface area contributed by atoms with Gasteiger partial charge in [-0.2, -0.15) is 0 Å². The summed E-state index contributed by atoms with van der Waals surface area (Å²) in [5, 5.41) is 0. The summed E-state index contributed by atoms with van der Waals surface area (Å²) in [5.74, 6) is 0.529. The number of hydrogen-bond donors (Lipinski definition) is 0. The van der Waals surface area contributed by atoms with E-state index in [0.717, 1.165) is 19.3 Å². The van der Waals surface area contributed by atoms with Crippen LogP contribution in [0.3, 0.4) is 0 Å². The second kappa shape index (κ2) is 2.46. The van der Waals surface area contributed by atoms with Crippen molar-refractivity contribution in [1.82, 2.24) is 0 Å². The molecular formula is C5H9ClO2S. The summed E-state index contributed by atoms with van der Waals surface area (Å²) in [6, 6.07) is 0. The molecule has 54 valence electrons. The quantitative estimate of drug-likeness (QED) is 0.584. The zero-order valence-corrected chi connectivity index (χ0v) is 6.58. The monoisotopic (exact) mass is 168 g/mol. The summed E-state index contributed by atoms with van der Waals surface area (Å²) in [6.45, 7) is 0. The van der Waals surface area contributed by atoms with Crippen molar-refractivity contribution in [1.29, 1.82) is 0 Å². The van der Waals surface area contributed by atoms with Gasteiger partial charge in [-0.1, -0.05) is 6.42 Å². The predicted octanol–water partition coefficient (Wildman–Crippen LogP) is 1.36. The zero-order valence-electron chi connectivity index (χ0n) is 5.01. The normalized spacial score (nSPS) is 21.4. The number of rotatable bonds is 2. The van der Waals surface area contributed by atoms with Crippen LogP contribution >= 0.6 is 10.7 Å². The molecular weight excluding hydrogens is 160 g/mol. The van der Waals surface area contributed by atoms with Crippen LogP contribution in [-0.2, 0) is 9.05 Å². The van der Waals surface area contributed by atoms with Crippen LogP contribution in [0.5, 0.6) is 0 Å². The Morgan fingerprint density at radius 3 is 2.11 bits per heavy atom. The van der Waals surface area contributed by atoms with Crippen molar-refractivity contribution in [3.8, 4) is 0 Å². The molecule has 1 aliphatic carbocycles. The molecule has 1 rings (SSSR count). The molecule has 4 heteroatoms. The zero-order chi connectivity index (χ0) is 6.91. The van der Waals surface area contributed by atoms with E-state index >= 15 is 0 Å². The average Bonchev–Trinajstić information content (AvgIpc) is 1.53. The van der Waals surface area contributed by atoms with Gasteiger partial charge in [-0.15, -0.1) is 0 Å². The highest BCUT2D eigenvalue weighted by Gasteiger charge is 2.22. The molecule has 2 nitrogen and oxygen atoms in total. The van der Waals surface area contributed by atoms with Gasteiger partial charge in [0.15, 0.2) is 0 Å². The van der Waals surface area contributed by atoms with Crippen molar-refractivity contribution in [2.75, 3.05) is 5.75 Å². The Labute approximate surface area is 59.6 Å². The van der Waals surface area contributed by atoms with Gasteiger partial charge in [-0.25, -0.2) is 8.42 Å². The fourth-order valence-electron chi connectivity index (χ4n) is 0.941. The van der Waals surface area contributed by atoms with Crippen LogP contribution in [0.1, 0.15) is 19.3 Å². The summed E-state index contributed by atoms with van der Waals surface area (Å²) in [4.78, 5) is 0. The van der Waals surface area contributed by atoms with E-state index in [4.69, 9.17) is 10.7 Å². The second-order valence-corrected chi connectivity index (χ2v) is 5.32. The third-order valence-corrected chi connectivity index (χ3v) is 2.91. The molecule has 1 aliphatic rings. The van der Waals surface area contributed by atoms with Crippen LogP contribution < -0.4 is 0 Å². The van der Waals surface area contributed by atoms with Gasteiger partial charge in [0.1, 0.15) is 0 Å². The lowest BCUT2D eigenvalue weighted by Crippen LogP contribution is -2.18. The van der Waals surface area contributed by atoms with Crippen LogP contribution in [0.2, 0.25) is 0 Å². The van der Waals surface area contributed by atoms with Gasteiger partial charge in [-0.05, 0) is 18.8 Å². The van der Waals surface area contributed by atoms with Gasteiger partial charge >= 0.3 is 0 Å². The molecule has 0 aromatic rings. The number of hydrogen-bond acceptors (Lipinski definition) is 2. The molecule has 0 atom stereocenters. The Morgan fingerprint density at radius 2 is 2.00 bits per heavy atom. The van der Waals surface area contributed by atoms with E-state index in [0.29, 0.717) is 5.92 Å². The van der Waals surface area contributed by atoms with Gasteiger partial charge < -0.3 is 0 Å². The van der Waals surface area contributed by atoms with E-state index in [-0.39, 0.29) is 5.75 Å². The molecule has 0 bridgehead atoms. The van der Waals surface area contributed by atoms with Gasteiger partial charge in [0.05, 0.1) is 5.75 Å². The van der Waals surface area contributed by atoms with Crippen molar-refractivity contribution in [3.63, 3.8) is 0 Å². The van der Waals surface area contributed by atoms with Crippen molar-refractivity contribution >= 4 is 19.7 Å². The minimum absolute atomic E-state index is 0.175. The summed E-state index contributed by atoms with van der Waals surface area (Å²) in [7, 11) is 1.80. The van der Waals surface area contributed by atoms with Crippen molar-refractivity contribution in [2.24, 2.45) is 5.92 Å². The van der Waals surface area contributed by atoms with Gasteiger partial charge in [0.2, 0.25) is 9.05 Å². The highest BCUT2D eigenvalue weighted by Crippen LogP contribution is 2.28. The molecule has 0 N–H and O–H groups in total. The molecule has 0 aromatic carbocycles. The first-order valence-corrected chi connectivity index (χ1v) is 5.48. The molecule has 0 saturated heterocycles. The Hall–Kier alpha value is 0.240. The third kappa shape index (κ3) is 2.54. The minimum atomic E-state index is -3.21. The predicted molar refractivity (Wildman–Crippen MR) is 37.0 cm³/mol. The molecule has 0 spiro atoms. The smallest absolute Gasteiger partial charge is 0.212 e. The summed E-state index contributed by atoms with van der Waals surface area (Å²) >= 11 is 0. The average molecular weight is 169 g/mol. The molecule has 0 unspecified atom stereocenters. The lowest BCUT2D eigenvalue weighted by atomic mass is 9.87. The fraction of sp³-hybridized carbons (Fsp3) is 1.00. The standard InChI is InChI=1S/C5H9ClO2S/c6-9(7,8)4-5-2-1-3-5/h5H,1-4H2. The van der Waals surface area contributed by atoms with Crippen molar-refractivity contribution in [3.05, 3.63) is 0 Å². The van der Waals surface area contributed by atoms with Gasteiger partial charge in [0.25, 0.3) is 0 Å². The maximum Gasteiger partial charge on any atom is 0.232 e. The van der Waals surface area contributed by atoms with E-state index in [2.05, 4.69) is 0 Å². The maximum absolute atomic E-state index is 10.4. The van der Waals surface area contributed by atoms with Crippen LogP contribution in [-0.4, -0.2) is 14.2 Å². The summed E-state index contributed by atoms with van der Waals surface area (Å²) in [6.07, 6.45) is 3.23. The molecule has 0 radical (unpaired) electrons. The Bertz CT molecular complexity index is 181. The Kier molecular flexibility index (Phi) is 2.01. The second-order valence-electron chi connectivity index (χ2n) is 2.50. The minimum Gasteiger partial charge on any atom is -0.212 e. The van der Waals surface area contributed by atoms with Crippen molar-refractivity contribution < 1.29 is 8.42 Å². The molecule has 9 heavy (non-hydrogen) atoms. The van der Waals surface area contributed by atoms with Crippen LogP contribution in [0.4, 0.5) is 0 Å². The highest BCUT2D eigenvalue weighted by atomic mass is 35.7. The van der Waals surface area contributed by atoms with Crippen molar-refractivity contribution in [2.45, 2.75) is 19.3 Å². The van der Waals surface area contributed by atoms with Gasteiger partial charge in [0, 0.05) is 10.7 Å². The lowest BCUT2D eigenvalue weighted by molar-refractivity contribution is 0.348. The number of halogens is 1. The highest BCUT2D eigenvalue weighted by molar-refractivity contribution is 8.13. The van der Waals surface area contributed by atoms with Gasteiger partial charge in [-0.3, -0.25) is 0 Å². The first kappa shape index (κ1) is 7.35. The summed E-state index contributed by atoms with van der Waals surface area (Å²) < 4.78 is 20.8. The third-order valence-electron chi connectivity index (χ3n) is 1.66. The van der Waals surface area contributed by atoms with E-state index in [9.17, 15) is 8.42 Å². The molecule has 0 aromatic heterocycles. The first-order valence-electron chi connectivity index (χ1n) is 3.00. The SMILES string of the molecule is O=S(=O)(Cl)CC1CCC1. The van der Waals surface area contributed by atoms with Crippen LogP contribution in [0, 0.1) is 5.92 Å². The fourth-order valence-corrected chi connectivity index (χ4v) is 2.37. The molecule has 1 fully saturated rings. The molecule has 0 amide bonds. The maximum atomic E-state index is 10.4. The Morgan fingerprint density at radius 1 is 1.44 bits per heavy atom. The Balaban J connectivity index is 2.33. The summed E-state index contributed by atoms with van der Waals surface area (Å²) in [5.41, 5.74) is 0. The largest absolute Gasteiger partial charge is 0.232 e. The van der Waals surface area contributed by atoms with E-state index in [1.807, 2.05) is 0 Å². The van der Waals surface area contributed by atoms with Crippen LogP contribution in [0.15, 0.2) is 0 Å². The first-order chi connectivity index (χ1) is 4.08. The molecule has 0 heterocycles. The molecule has 1 saturated carbocycles. The lowest BCUT2D eigenvalue weighted by Gasteiger charge is -2.23. The topological polar surface area (TPSA) is 34.1 Å². The van der Waals surface area contributed by atoms with Crippen LogP contribution in [0.25, 0.3) is 0 Å². The molecule has 0 aliphatic heterocycles.